The van der Waals surface area contributed by atoms with Crippen molar-refractivity contribution in [1.82, 2.24) is 4.98 Å². The molecule has 8 aromatic rings. The number of hydrogen-bond donors (Lipinski definition) is 0. The molecule has 6 aromatic carbocycles. The fraction of sp³-hybridized carbons (Fsp3) is 0. The van der Waals surface area contributed by atoms with Crippen LogP contribution >= 0.6 is 0 Å². The van der Waals surface area contributed by atoms with E-state index in [1.54, 1.807) is 0 Å². The van der Waals surface area contributed by atoms with Gasteiger partial charge in [-0.25, -0.2) is 4.85 Å². The Morgan fingerprint density at radius 3 is 1.95 bits per heavy atom. The molecule has 2 aromatic heterocycles. The summed E-state index contributed by atoms with van der Waals surface area (Å²) in [4.78, 5) is 8.32. The van der Waals surface area contributed by atoms with E-state index >= 15 is 0 Å². The largest absolute Gasteiger partial charge is 0.466 e. The molecular formula is C34H18N2O. The predicted molar refractivity (Wildman–Crippen MR) is 152 cm³/mol. The van der Waals surface area contributed by atoms with Gasteiger partial charge in [0.1, 0.15) is 11.2 Å². The van der Waals surface area contributed by atoms with Gasteiger partial charge in [-0.1, -0.05) is 91.0 Å². The first kappa shape index (κ1) is 20.0. The van der Waals surface area contributed by atoms with E-state index in [-0.39, 0.29) is 0 Å². The zero-order valence-electron chi connectivity index (χ0n) is 19.7. The second kappa shape index (κ2) is 7.40. The third-order valence-corrected chi connectivity index (χ3v) is 7.52. The Morgan fingerprint density at radius 2 is 1.22 bits per heavy atom. The highest BCUT2D eigenvalue weighted by atomic mass is 16.3. The first-order valence-electron chi connectivity index (χ1n) is 12.3. The highest BCUT2D eigenvalue weighted by molar-refractivity contribution is 6.28. The quantitative estimate of drug-likeness (QED) is 0.186. The molecule has 0 spiro atoms. The molecule has 0 bridgehead atoms. The fourth-order valence-electron chi connectivity index (χ4n) is 5.89. The van der Waals surface area contributed by atoms with Gasteiger partial charge in [-0.2, -0.15) is 0 Å². The third-order valence-electron chi connectivity index (χ3n) is 7.52. The van der Waals surface area contributed by atoms with Gasteiger partial charge in [0.05, 0.1) is 12.3 Å². The van der Waals surface area contributed by atoms with Crippen molar-refractivity contribution in [3.63, 3.8) is 0 Å². The van der Waals surface area contributed by atoms with Crippen LogP contribution < -0.4 is 0 Å². The van der Waals surface area contributed by atoms with Gasteiger partial charge in [-0.05, 0) is 50.0 Å². The maximum atomic E-state index is 7.59. The molecule has 0 aliphatic heterocycles. The average Bonchev–Trinajstić information content (AvgIpc) is 3.35. The molecule has 0 unspecified atom stereocenters. The lowest BCUT2D eigenvalue weighted by atomic mass is 9.87. The Hall–Kier alpha value is -5.20. The minimum absolute atomic E-state index is 0.539. The Labute approximate surface area is 212 Å². The third kappa shape index (κ3) is 2.73. The summed E-state index contributed by atoms with van der Waals surface area (Å²) in [6.45, 7) is 7.59. The van der Waals surface area contributed by atoms with E-state index in [4.69, 9.17) is 11.0 Å². The monoisotopic (exact) mass is 470 g/mol. The molecule has 37 heavy (non-hydrogen) atoms. The van der Waals surface area contributed by atoms with E-state index in [9.17, 15) is 0 Å². The molecule has 0 atom stereocenters. The number of pyridine rings is 1. The van der Waals surface area contributed by atoms with Crippen LogP contribution in [0.15, 0.2) is 114 Å². The molecule has 0 aliphatic rings. The number of nitrogens with zero attached hydrogens (tertiary/aromatic N) is 2. The lowest BCUT2D eigenvalue weighted by Crippen LogP contribution is -1.90. The summed E-state index contributed by atoms with van der Waals surface area (Å²) >= 11 is 0. The Morgan fingerprint density at radius 1 is 0.541 bits per heavy atom. The van der Waals surface area contributed by atoms with Crippen LogP contribution in [0.3, 0.4) is 0 Å². The predicted octanol–water partition coefficient (Wildman–Crippen LogP) is 9.76. The smallest absolute Gasteiger partial charge is 0.229 e. The van der Waals surface area contributed by atoms with Gasteiger partial charge in [0.25, 0.3) is 0 Å². The van der Waals surface area contributed by atoms with Gasteiger partial charge in [-0.3, -0.25) is 4.98 Å². The van der Waals surface area contributed by atoms with E-state index in [2.05, 4.69) is 82.6 Å². The molecule has 2 heterocycles. The lowest BCUT2D eigenvalue weighted by Gasteiger charge is -2.16. The number of hydrogen-bond acceptors (Lipinski definition) is 2. The van der Waals surface area contributed by atoms with Crippen molar-refractivity contribution in [2.45, 2.75) is 0 Å². The summed E-state index contributed by atoms with van der Waals surface area (Å²) in [6, 6.07) is 35.7. The van der Waals surface area contributed by atoms with E-state index in [1.165, 1.54) is 32.3 Å². The van der Waals surface area contributed by atoms with Crippen LogP contribution in [0.25, 0.3) is 81.5 Å². The van der Waals surface area contributed by atoms with Gasteiger partial charge in [0.2, 0.25) is 5.69 Å². The summed E-state index contributed by atoms with van der Waals surface area (Å²) in [5.74, 6) is 0. The van der Waals surface area contributed by atoms with Crippen LogP contribution in [0.5, 0.6) is 0 Å². The molecule has 0 N–H and O–H groups in total. The maximum absolute atomic E-state index is 7.59. The first-order chi connectivity index (χ1) is 18.3. The van der Waals surface area contributed by atoms with Crippen LogP contribution in [0.1, 0.15) is 0 Å². The van der Waals surface area contributed by atoms with Crippen molar-refractivity contribution in [2.75, 3.05) is 0 Å². The van der Waals surface area contributed by atoms with E-state index in [0.29, 0.717) is 11.3 Å². The topological polar surface area (TPSA) is 30.4 Å². The van der Waals surface area contributed by atoms with Crippen molar-refractivity contribution < 1.29 is 4.42 Å². The van der Waals surface area contributed by atoms with Crippen LogP contribution in [-0.2, 0) is 0 Å². The van der Waals surface area contributed by atoms with Crippen molar-refractivity contribution in [3.05, 3.63) is 121 Å². The van der Waals surface area contributed by atoms with Gasteiger partial charge in [0, 0.05) is 28.1 Å². The SMILES string of the molecule is [C-]#[N+]c1cccc2c1oc1c(-c3ccc4ccc5c(-c6ccccn6)ccc6ccc3c4c65)cccc12. The summed E-state index contributed by atoms with van der Waals surface area (Å²) in [7, 11) is 0. The second-order valence-corrected chi connectivity index (χ2v) is 9.41. The number of fused-ring (bicyclic) bond motifs is 3. The number of para-hydroxylation sites is 2. The van der Waals surface area contributed by atoms with E-state index in [0.717, 1.165) is 38.7 Å². The van der Waals surface area contributed by atoms with Gasteiger partial charge < -0.3 is 4.42 Å². The Kier molecular flexibility index (Phi) is 4.01. The molecular weight excluding hydrogens is 452 g/mol. The molecule has 0 saturated heterocycles. The molecule has 0 amide bonds. The molecule has 3 nitrogen and oxygen atoms in total. The highest BCUT2D eigenvalue weighted by Crippen LogP contribution is 2.45. The van der Waals surface area contributed by atoms with Gasteiger partial charge in [-0.15, -0.1) is 0 Å². The molecule has 3 heteroatoms. The number of furan rings is 1. The van der Waals surface area contributed by atoms with Crippen molar-refractivity contribution >= 4 is 59.9 Å². The van der Waals surface area contributed by atoms with Gasteiger partial charge >= 0.3 is 0 Å². The van der Waals surface area contributed by atoms with Crippen LogP contribution in [0.2, 0.25) is 0 Å². The van der Waals surface area contributed by atoms with Crippen molar-refractivity contribution in [2.24, 2.45) is 0 Å². The van der Waals surface area contributed by atoms with Crippen LogP contribution in [0.4, 0.5) is 5.69 Å². The summed E-state index contributed by atoms with van der Waals surface area (Å²) in [5, 5.41) is 9.33. The van der Waals surface area contributed by atoms with E-state index < -0.39 is 0 Å². The second-order valence-electron chi connectivity index (χ2n) is 9.41. The minimum Gasteiger partial charge on any atom is -0.466 e. The zero-order valence-corrected chi connectivity index (χ0v) is 19.7. The normalized spacial score (nSPS) is 11.8. The first-order valence-corrected chi connectivity index (χ1v) is 12.3. The van der Waals surface area contributed by atoms with Crippen molar-refractivity contribution in [1.29, 1.82) is 0 Å². The fourth-order valence-corrected chi connectivity index (χ4v) is 5.89. The Bertz CT molecular complexity index is 2200. The van der Waals surface area contributed by atoms with Crippen molar-refractivity contribution in [3.8, 4) is 22.4 Å². The molecule has 170 valence electrons. The molecule has 0 aliphatic carbocycles. The highest BCUT2D eigenvalue weighted by Gasteiger charge is 2.18. The molecule has 0 saturated carbocycles. The lowest BCUT2D eigenvalue weighted by molar-refractivity contribution is 0.672. The van der Waals surface area contributed by atoms with Crippen LogP contribution in [-0.4, -0.2) is 4.98 Å². The number of aromatic nitrogens is 1. The standard InChI is InChI=1S/C34H18N2O/c1-35-30-10-5-8-28-27-7-4-6-26(33(27)37-34(28)30)22-15-11-20-14-18-25-23(29-9-2-3-19-36-29)16-12-21-13-17-24(22)31(20)32(21)25/h2-19H. The molecule has 0 radical (unpaired) electrons. The molecule has 0 fully saturated rings. The van der Waals surface area contributed by atoms with Gasteiger partial charge in [0.15, 0.2) is 0 Å². The molecule has 8 rings (SSSR count). The summed E-state index contributed by atoms with van der Waals surface area (Å²) in [6.07, 6.45) is 1.85. The van der Waals surface area contributed by atoms with E-state index in [1.807, 2.05) is 36.5 Å². The average molecular weight is 471 g/mol. The maximum Gasteiger partial charge on any atom is 0.229 e. The number of rotatable bonds is 2. The Balaban J connectivity index is 1.48. The summed E-state index contributed by atoms with van der Waals surface area (Å²) in [5.41, 5.74) is 6.28. The summed E-state index contributed by atoms with van der Waals surface area (Å²) < 4.78 is 6.41. The zero-order chi connectivity index (χ0) is 24.5. The number of benzene rings is 6. The minimum atomic E-state index is 0.539. The van der Waals surface area contributed by atoms with Crippen LogP contribution in [0, 0.1) is 6.57 Å².